The van der Waals surface area contributed by atoms with Gasteiger partial charge >= 0.3 is 0 Å². The maximum Gasteiger partial charge on any atom is 0.269 e. The van der Waals surface area contributed by atoms with Crippen molar-refractivity contribution in [1.29, 1.82) is 0 Å². The highest BCUT2D eigenvalue weighted by Crippen LogP contribution is 2.15. The largest absolute Gasteiger partial charge is 0.358 e. The number of carbonyl (C=O) groups is 1. The monoisotopic (exact) mass is 514 g/mol. The lowest BCUT2D eigenvalue weighted by molar-refractivity contribution is -0.384. The van der Waals surface area contributed by atoms with Gasteiger partial charge in [0, 0.05) is 49.0 Å². The van der Waals surface area contributed by atoms with Crippen LogP contribution in [-0.2, 0) is 24.3 Å². The number of thiocarbonyl (C=S) groups is 1. The van der Waals surface area contributed by atoms with E-state index in [4.69, 9.17) is 12.2 Å². The lowest BCUT2D eigenvalue weighted by Gasteiger charge is -2.35. The van der Waals surface area contributed by atoms with Crippen molar-refractivity contribution < 1.29 is 9.72 Å². The number of non-ortho nitro benzene ring substituents is 1. The molecule has 2 aromatic heterocycles. The maximum absolute atomic E-state index is 12.9. The molecular weight excluding hydrogens is 484 g/mol. The Balaban J connectivity index is 1.55. The second-order valence-electron chi connectivity index (χ2n) is 8.67. The van der Waals surface area contributed by atoms with Gasteiger partial charge in [0.2, 0.25) is 5.91 Å². The van der Waals surface area contributed by atoms with E-state index in [1.807, 2.05) is 41.8 Å². The van der Waals surface area contributed by atoms with Crippen molar-refractivity contribution in [3.8, 4) is 0 Å². The first-order valence-electron chi connectivity index (χ1n) is 11.2. The standard InChI is InChI=1S/C24H30N6O3S2/c1-4-24(2,16-28(3)23(34)26-14-21-6-5-11-35-21)27-22(31)12-20-13-25-17-29(20)15-18-7-9-19(10-8-18)30(32)33/h5-11,13,17H,4,12,14-16H2,1-3H3,(H,26,34)(H,27,31). The Kier molecular flexibility index (Phi) is 8.94. The molecule has 1 unspecified atom stereocenters. The third-order valence-corrected chi connectivity index (χ3v) is 7.12. The average molecular weight is 515 g/mol. The number of nitro groups is 1. The molecule has 1 atom stereocenters. The molecule has 0 radical (unpaired) electrons. The van der Waals surface area contributed by atoms with Gasteiger partial charge in [0.25, 0.3) is 5.69 Å². The molecule has 0 aliphatic heterocycles. The molecular formula is C24H30N6O3S2. The van der Waals surface area contributed by atoms with Gasteiger partial charge in [0.05, 0.1) is 29.8 Å². The average Bonchev–Trinajstić information content (AvgIpc) is 3.50. The van der Waals surface area contributed by atoms with Crippen molar-refractivity contribution in [2.24, 2.45) is 0 Å². The summed E-state index contributed by atoms with van der Waals surface area (Å²) >= 11 is 7.21. The molecule has 0 aliphatic carbocycles. The zero-order chi connectivity index (χ0) is 25.4. The summed E-state index contributed by atoms with van der Waals surface area (Å²) in [6.07, 6.45) is 4.24. The van der Waals surface area contributed by atoms with Gasteiger partial charge in [-0.05, 0) is 42.6 Å². The van der Waals surface area contributed by atoms with E-state index in [0.717, 1.165) is 17.7 Å². The van der Waals surface area contributed by atoms with Crippen molar-refractivity contribution in [2.45, 2.75) is 45.3 Å². The number of hydrogen-bond acceptors (Lipinski definition) is 6. The molecule has 0 saturated heterocycles. The van der Waals surface area contributed by atoms with Crippen LogP contribution in [-0.4, -0.2) is 49.5 Å². The molecule has 35 heavy (non-hydrogen) atoms. The minimum atomic E-state index is -0.469. The van der Waals surface area contributed by atoms with Crippen LogP contribution in [0.5, 0.6) is 0 Å². The van der Waals surface area contributed by atoms with Crippen molar-refractivity contribution in [3.05, 3.63) is 80.6 Å². The van der Waals surface area contributed by atoms with Gasteiger partial charge < -0.3 is 20.1 Å². The van der Waals surface area contributed by atoms with E-state index in [1.54, 1.807) is 36.0 Å². The minimum Gasteiger partial charge on any atom is -0.358 e. The van der Waals surface area contributed by atoms with Crippen LogP contribution >= 0.6 is 23.6 Å². The van der Waals surface area contributed by atoms with Gasteiger partial charge in [-0.15, -0.1) is 11.3 Å². The van der Waals surface area contributed by atoms with Crippen LogP contribution in [0.15, 0.2) is 54.3 Å². The summed E-state index contributed by atoms with van der Waals surface area (Å²) in [5.41, 5.74) is 1.23. The third-order valence-electron chi connectivity index (χ3n) is 5.79. The molecule has 2 heterocycles. The predicted molar refractivity (Wildman–Crippen MR) is 141 cm³/mol. The van der Waals surface area contributed by atoms with E-state index in [9.17, 15) is 14.9 Å². The van der Waals surface area contributed by atoms with E-state index in [0.29, 0.717) is 24.7 Å². The topological polar surface area (TPSA) is 105 Å². The summed E-state index contributed by atoms with van der Waals surface area (Å²) in [5.74, 6) is -0.106. The molecule has 0 spiro atoms. The smallest absolute Gasteiger partial charge is 0.269 e. The summed E-state index contributed by atoms with van der Waals surface area (Å²) < 4.78 is 1.87. The Labute approximate surface area is 214 Å². The first-order valence-corrected chi connectivity index (χ1v) is 12.5. The van der Waals surface area contributed by atoms with Gasteiger partial charge in [-0.3, -0.25) is 14.9 Å². The lowest BCUT2D eigenvalue weighted by Crippen LogP contribution is -2.55. The number of imidazole rings is 1. The number of likely N-dealkylation sites (N-methyl/N-ethyl adjacent to an activating group) is 1. The molecule has 1 aromatic carbocycles. The Bertz CT molecular complexity index is 1150. The molecule has 0 bridgehead atoms. The molecule has 186 valence electrons. The molecule has 0 saturated carbocycles. The summed E-state index contributed by atoms with van der Waals surface area (Å²) in [6.45, 7) is 5.76. The van der Waals surface area contributed by atoms with Crippen LogP contribution in [0, 0.1) is 10.1 Å². The molecule has 2 N–H and O–H groups in total. The number of hydrogen-bond donors (Lipinski definition) is 2. The molecule has 1 amide bonds. The Hall–Kier alpha value is -3.31. The first kappa shape index (κ1) is 26.3. The highest BCUT2D eigenvalue weighted by atomic mass is 32.1. The molecule has 11 heteroatoms. The van der Waals surface area contributed by atoms with Gasteiger partial charge in [-0.1, -0.05) is 25.1 Å². The van der Waals surface area contributed by atoms with Crippen molar-refractivity contribution in [2.75, 3.05) is 13.6 Å². The fraction of sp³-hybridized carbons (Fsp3) is 0.375. The number of nitrogens with zero attached hydrogens (tertiary/aromatic N) is 4. The SMILES string of the molecule is CCC(C)(CN(C)C(=S)NCc1cccs1)NC(=O)Cc1cncn1Cc1ccc([N+](=O)[O-])cc1. The lowest BCUT2D eigenvalue weighted by atomic mass is 9.97. The highest BCUT2D eigenvalue weighted by Gasteiger charge is 2.27. The summed E-state index contributed by atoms with van der Waals surface area (Å²) in [5, 5.41) is 20.0. The zero-order valence-electron chi connectivity index (χ0n) is 20.1. The number of amides is 1. The molecule has 0 aliphatic rings. The Morgan fingerprint density at radius 2 is 2.06 bits per heavy atom. The van der Waals surface area contributed by atoms with Crippen molar-refractivity contribution >= 4 is 40.3 Å². The van der Waals surface area contributed by atoms with E-state index < -0.39 is 10.5 Å². The third kappa shape index (κ3) is 7.59. The van der Waals surface area contributed by atoms with E-state index in [-0.39, 0.29) is 18.0 Å². The second-order valence-corrected chi connectivity index (χ2v) is 10.1. The van der Waals surface area contributed by atoms with E-state index >= 15 is 0 Å². The fourth-order valence-electron chi connectivity index (χ4n) is 3.65. The quantitative estimate of drug-likeness (QED) is 0.228. The predicted octanol–water partition coefficient (Wildman–Crippen LogP) is 3.74. The van der Waals surface area contributed by atoms with Crippen LogP contribution in [0.3, 0.4) is 0 Å². The number of thiophene rings is 1. The Morgan fingerprint density at radius 1 is 1.31 bits per heavy atom. The van der Waals surface area contributed by atoms with Crippen LogP contribution in [0.1, 0.15) is 36.4 Å². The zero-order valence-corrected chi connectivity index (χ0v) is 21.7. The Morgan fingerprint density at radius 3 is 2.69 bits per heavy atom. The number of rotatable bonds is 11. The minimum absolute atomic E-state index is 0.0454. The first-order chi connectivity index (χ1) is 16.7. The number of aromatic nitrogens is 2. The number of carbonyl (C=O) groups excluding carboxylic acids is 1. The summed E-state index contributed by atoms with van der Waals surface area (Å²) in [6, 6.07) is 10.4. The number of nitrogens with one attached hydrogen (secondary N) is 2. The molecule has 0 fully saturated rings. The van der Waals surface area contributed by atoms with Gasteiger partial charge in [-0.2, -0.15) is 0 Å². The highest BCUT2D eigenvalue weighted by molar-refractivity contribution is 7.80. The maximum atomic E-state index is 12.9. The molecule has 9 nitrogen and oxygen atoms in total. The van der Waals surface area contributed by atoms with Gasteiger partial charge in [0.1, 0.15) is 0 Å². The van der Waals surface area contributed by atoms with E-state index in [1.165, 1.54) is 17.0 Å². The van der Waals surface area contributed by atoms with Crippen LogP contribution < -0.4 is 10.6 Å². The number of nitro benzene ring substituents is 1. The van der Waals surface area contributed by atoms with Crippen LogP contribution in [0.4, 0.5) is 5.69 Å². The van der Waals surface area contributed by atoms with Gasteiger partial charge in [0.15, 0.2) is 5.11 Å². The van der Waals surface area contributed by atoms with Crippen molar-refractivity contribution in [1.82, 2.24) is 25.1 Å². The fourth-order valence-corrected chi connectivity index (χ4v) is 4.43. The van der Waals surface area contributed by atoms with Crippen LogP contribution in [0.2, 0.25) is 0 Å². The van der Waals surface area contributed by atoms with Gasteiger partial charge in [-0.25, -0.2) is 4.98 Å². The summed E-state index contributed by atoms with van der Waals surface area (Å²) in [7, 11) is 1.92. The molecule has 3 rings (SSSR count). The molecule has 3 aromatic rings. The normalized spacial score (nSPS) is 12.5. The van der Waals surface area contributed by atoms with E-state index in [2.05, 4.69) is 21.7 Å². The summed E-state index contributed by atoms with van der Waals surface area (Å²) in [4.78, 5) is 30.7. The van der Waals surface area contributed by atoms with Crippen molar-refractivity contribution in [3.63, 3.8) is 0 Å². The number of benzene rings is 1. The van der Waals surface area contributed by atoms with Crippen LogP contribution in [0.25, 0.3) is 0 Å². The second kappa shape index (κ2) is 11.9.